The molecule has 2 unspecified atom stereocenters. The summed E-state index contributed by atoms with van der Waals surface area (Å²) in [7, 11) is 1.66. The number of pyridine rings is 1. The number of benzene rings is 1. The maximum atomic E-state index is 13.3. The number of nitrogens with zero attached hydrogens (tertiary/aromatic N) is 2. The zero-order chi connectivity index (χ0) is 18.8. The van der Waals surface area contributed by atoms with Crippen LogP contribution in [0.5, 0.6) is 5.75 Å². The quantitative estimate of drug-likeness (QED) is 0.519. The largest absolute Gasteiger partial charge is 0.608 e. The van der Waals surface area contributed by atoms with E-state index in [1.54, 1.807) is 7.11 Å². The molecule has 0 saturated heterocycles. The second-order valence-electron chi connectivity index (χ2n) is 6.71. The van der Waals surface area contributed by atoms with Gasteiger partial charge in [-0.25, -0.2) is 0 Å². The smallest absolute Gasteiger partial charge is 0.322 e. The molecule has 142 valence electrons. The van der Waals surface area contributed by atoms with Crippen LogP contribution >= 0.6 is 0 Å². The first-order valence-corrected chi connectivity index (χ1v) is 10.4. The van der Waals surface area contributed by atoms with Gasteiger partial charge >= 0.3 is 5.16 Å². The van der Waals surface area contributed by atoms with Crippen LogP contribution in [0.25, 0.3) is 11.0 Å². The fourth-order valence-corrected chi connectivity index (χ4v) is 5.03. The van der Waals surface area contributed by atoms with Crippen molar-refractivity contribution in [2.45, 2.75) is 36.6 Å². The Labute approximate surface area is 161 Å². The van der Waals surface area contributed by atoms with Gasteiger partial charge in [0.25, 0.3) is 0 Å². The highest BCUT2D eigenvalue weighted by Gasteiger charge is 2.36. The molecule has 2 aromatic heterocycles. The number of nitrogens with one attached hydrogen (secondary N) is 1. The predicted octanol–water partition coefficient (Wildman–Crippen LogP) is 3.48. The highest BCUT2D eigenvalue weighted by atomic mass is 32.2. The fraction of sp³-hybridized carbons (Fsp3) is 0.400. The summed E-state index contributed by atoms with van der Waals surface area (Å²) in [5.74, 6) is 0.864. The van der Waals surface area contributed by atoms with E-state index in [2.05, 4.69) is 15.0 Å². The standard InChI is InChI=1S/C20H23N3O3S/c1-13-12-21-18-14(19(13)26-11-10-25-2)6-5-9-17(18)27(24)20-22-15-7-3-4-8-16(15)23-20/h3-4,7-8,12,17H,5-6,9-11H2,1-2H3,(H,22,23). The maximum Gasteiger partial charge on any atom is 0.322 e. The zero-order valence-electron chi connectivity index (χ0n) is 15.5. The van der Waals surface area contributed by atoms with Crippen molar-refractivity contribution < 1.29 is 14.0 Å². The molecule has 27 heavy (non-hydrogen) atoms. The molecular formula is C20H23N3O3S. The molecule has 2 heterocycles. The van der Waals surface area contributed by atoms with Crippen molar-refractivity contribution in [3.05, 3.63) is 47.3 Å². The highest BCUT2D eigenvalue weighted by molar-refractivity contribution is 7.91. The van der Waals surface area contributed by atoms with E-state index in [1.165, 1.54) is 0 Å². The van der Waals surface area contributed by atoms with Gasteiger partial charge in [0.15, 0.2) is 5.25 Å². The second-order valence-corrected chi connectivity index (χ2v) is 8.26. The summed E-state index contributed by atoms with van der Waals surface area (Å²) in [6.07, 6.45) is 4.48. The van der Waals surface area contributed by atoms with Crippen LogP contribution in [-0.2, 0) is 22.3 Å². The lowest BCUT2D eigenvalue weighted by Gasteiger charge is -2.27. The number of methoxy groups -OCH3 is 1. The average molecular weight is 385 g/mol. The Kier molecular flexibility index (Phi) is 5.33. The Hall–Kier alpha value is -2.09. The summed E-state index contributed by atoms with van der Waals surface area (Å²) >= 11 is -1.30. The molecule has 7 heteroatoms. The molecule has 2 atom stereocenters. The van der Waals surface area contributed by atoms with Gasteiger partial charge in [0.05, 0.1) is 23.3 Å². The third kappa shape index (κ3) is 3.54. The van der Waals surface area contributed by atoms with E-state index in [4.69, 9.17) is 9.47 Å². The third-order valence-corrected chi connectivity index (χ3v) is 6.44. The lowest BCUT2D eigenvalue weighted by molar-refractivity contribution is 0.145. The van der Waals surface area contributed by atoms with E-state index in [0.29, 0.717) is 18.4 Å². The van der Waals surface area contributed by atoms with E-state index in [9.17, 15) is 4.55 Å². The Morgan fingerprint density at radius 3 is 2.96 bits per heavy atom. The van der Waals surface area contributed by atoms with E-state index in [1.807, 2.05) is 37.4 Å². The van der Waals surface area contributed by atoms with Crippen LogP contribution in [0, 0.1) is 6.92 Å². The number of aryl methyl sites for hydroxylation is 1. The van der Waals surface area contributed by atoms with E-state index < -0.39 is 11.2 Å². The number of rotatable bonds is 6. The van der Waals surface area contributed by atoms with Crippen molar-refractivity contribution >= 4 is 22.2 Å². The number of hydrogen-bond donors (Lipinski definition) is 1. The van der Waals surface area contributed by atoms with Crippen molar-refractivity contribution in [1.82, 2.24) is 15.0 Å². The summed E-state index contributed by atoms with van der Waals surface area (Å²) in [5, 5.41) is 0.331. The van der Waals surface area contributed by atoms with Gasteiger partial charge in [-0.05, 0) is 31.9 Å². The number of aromatic amines is 1. The zero-order valence-corrected chi connectivity index (χ0v) is 16.3. The number of aromatic nitrogens is 3. The Bertz CT molecular complexity index is 910. The first-order valence-electron chi connectivity index (χ1n) is 9.14. The van der Waals surface area contributed by atoms with Gasteiger partial charge in [-0.1, -0.05) is 12.1 Å². The monoisotopic (exact) mass is 385 g/mol. The normalized spacial score (nSPS) is 17.7. The summed E-state index contributed by atoms with van der Waals surface area (Å²) in [6.45, 7) is 3.02. The van der Waals surface area contributed by atoms with Crippen molar-refractivity contribution in [3.63, 3.8) is 0 Å². The number of imidazole rings is 1. The van der Waals surface area contributed by atoms with Gasteiger partial charge in [0.1, 0.15) is 12.4 Å². The molecule has 0 saturated carbocycles. The van der Waals surface area contributed by atoms with Gasteiger partial charge < -0.3 is 14.0 Å². The number of para-hydroxylation sites is 2. The number of fused-ring (bicyclic) bond motifs is 2. The van der Waals surface area contributed by atoms with Gasteiger partial charge in [-0.3, -0.25) is 9.97 Å². The fourth-order valence-electron chi connectivity index (χ4n) is 3.57. The van der Waals surface area contributed by atoms with Crippen LogP contribution in [-0.4, -0.2) is 39.8 Å². The second kappa shape index (κ2) is 7.88. The molecule has 1 aliphatic rings. The molecule has 1 aromatic carbocycles. The molecule has 0 amide bonds. The number of H-pyrrole nitrogens is 1. The molecule has 0 aliphatic heterocycles. The predicted molar refractivity (Wildman–Crippen MR) is 105 cm³/mol. The average Bonchev–Trinajstić information content (AvgIpc) is 3.13. The van der Waals surface area contributed by atoms with Crippen LogP contribution in [0.15, 0.2) is 35.6 Å². The first kappa shape index (κ1) is 18.3. The molecule has 0 radical (unpaired) electrons. The summed E-state index contributed by atoms with van der Waals surface area (Å²) in [6, 6.07) is 7.74. The lowest BCUT2D eigenvalue weighted by Crippen LogP contribution is -2.23. The van der Waals surface area contributed by atoms with Gasteiger partial charge in [0, 0.05) is 42.0 Å². The highest BCUT2D eigenvalue weighted by Crippen LogP contribution is 2.41. The first-order chi connectivity index (χ1) is 13.2. The van der Waals surface area contributed by atoms with Crippen LogP contribution in [0.2, 0.25) is 0 Å². The molecule has 6 nitrogen and oxygen atoms in total. The Balaban J connectivity index is 1.67. The topological polar surface area (TPSA) is 83.1 Å². The SMILES string of the molecule is COCCOc1c(C)cnc2c1CCCC2[S+]([O-])c1nc2ccccc2[nH]1. The lowest BCUT2D eigenvalue weighted by atomic mass is 9.93. The summed E-state index contributed by atoms with van der Waals surface area (Å²) in [4.78, 5) is 12.4. The Morgan fingerprint density at radius 2 is 2.15 bits per heavy atom. The Morgan fingerprint density at radius 1 is 1.30 bits per heavy atom. The van der Waals surface area contributed by atoms with Crippen molar-refractivity contribution in [2.24, 2.45) is 0 Å². The van der Waals surface area contributed by atoms with Crippen LogP contribution in [0.1, 0.15) is 34.9 Å². The molecule has 3 aromatic rings. The van der Waals surface area contributed by atoms with Crippen LogP contribution in [0.4, 0.5) is 0 Å². The van der Waals surface area contributed by atoms with Crippen molar-refractivity contribution in [3.8, 4) is 5.75 Å². The molecule has 0 fully saturated rings. The van der Waals surface area contributed by atoms with E-state index >= 15 is 0 Å². The third-order valence-electron chi connectivity index (χ3n) is 4.89. The maximum absolute atomic E-state index is 13.3. The summed E-state index contributed by atoms with van der Waals surface area (Å²) in [5.41, 5.74) is 4.68. The number of hydrogen-bond acceptors (Lipinski definition) is 5. The van der Waals surface area contributed by atoms with Gasteiger partial charge in [-0.15, -0.1) is 0 Å². The van der Waals surface area contributed by atoms with Gasteiger partial charge in [0.2, 0.25) is 0 Å². The molecule has 1 aliphatic carbocycles. The van der Waals surface area contributed by atoms with Crippen LogP contribution in [0.3, 0.4) is 0 Å². The molecule has 4 rings (SSSR count). The van der Waals surface area contributed by atoms with Crippen LogP contribution < -0.4 is 4.74 Å². The molecular weight excluding hydrogens is 362 g/mol. The molecule has 0 bridgehead atoms. The van der Waals surface area contributed by atoms with Gasteiger partial charge in [-0.2, -0.15) is 4.98 Å². The summed E-state index contributed by atoms with van der Waals surface area (Å²) < 4.78 is 24.4. The van der Waals surface area contributed by atoms with Crippen molar-refractivity contribution in [1.29, 1.82) is 0 Å². The molecule has 0 spiro atoms. The van der Waals surface area contributed by atoms with E-state index in [0.717, 1.165) is 52.9 Å². The minimum Gasteiger partial charge on any atom is -0.608 e. The molecule has 1 N–H and O–H groups in total. The minimum absolute atomic E-state index is 0.181. The number of ether oxygens (including phenoxy) is 2. The minimum atomic E-state index is -1.30. The van der Waals surface area contributed by atoms with Crippen molar-refractivity contribution in [2.75, 3.05) is 20.3 Å². The van der Waals surface area contributed by atoms with E-state index in [-0.39, 0.29) is 5.25 Å².